The molecule has 2 aromatic heterocycles. The summed E-state index contributed by atoms with van der Waals surface area (Å²) in [7, 11) is 0. The van der Waals surface area contributed by atoms with Crippen LogP contribution in [0.4, 0.5) is 0 Å². The average Bonchev–Trinajstić information content (AvgIpc) is 3.45. The van der Waals surface area contributed by atoms with E-state index in [-0.39, 0.29) is 12.5 Å². The van der Waals surface area contributed by atoms with Crippen molar-refractivity contribution in [1.82, 2.24) is 25.2 Å². The minimum Gasteiger partial charge on any atom is -0.378 e. The Morgan fingerprint density at radius 2 is 2.23 bits per heavy atom. The second kappa shape index (κ2) is 7.45. The van der Waals surface area contributed by atoms with Gasteiger partial charge in [0, 0.05) is 36.5 Å². The smallest absolute Gasteiger partial charge is 0.242 e. The molecule has 1 saturated carbocycles. The zero-order valence-corrected chi connectivity index (χ0v) is 15.1. The molecule has 4 rings (SSSR count). The lowest BCUT2D eigenvalue weighted by atomic mass is 10.2. The molecule has 1 amide bonds. The highest BCUT2D eigenvalue weighted by Crippen LogP contribution is 2.39. The van der Waals surface area contributed by atoms with E-state index in [2.05, 4.69) is 28.3 Å². The highest BCUT2D eigenvalue weighted by Gasteiger charge is 2.26. The van der Waals surface area contributed by atoms with Crippen LogP contribution in [-0.4, -0.2) is 58.6 Å². The van der Waals surface area contributed by atoms with Crippen molar-refractivity contribution in [3.63, 3.8) is 0 Å². The maximum atomic E-state index is 12.4. The van der Waals surface area contributed by atoms with Crippen molar-refractivity contribution in [1.29, 1.82) is 0 Å². The quantitative estimate of drug-likeness (QED) is 0.828. The van der Waals surface area contributed by atoms with E-state index in [0.29, 0.717) is 32.2 Å². The third kappa shape index (κ3) is 3.58. The van der Waals surface area contributed by atoms with Gasteiger partial charge in [0.1, 0.15) is 5.52 Å². The molecule has 2 aromatic rings. The maximum absolute atomic E-state index is 12.4. The molecule has 1 aliphatic heterocycles. The third-order valence-electron chi connectivity index (χ3n) is 4.89. The summed E-state index contributed by atoms with van der Waals surface area (Å²) in [5.74, 6) is 0.656. The molecule has 0 aromatic carbocycles. The summed E-state index contributed by atoms with van der Waals surface area (Å²) >= 11 is 0. The normalized spacial score (nSPS) is 18.3. The fourth-order valence-corrected chi connectivity index (χ4v) is 3.26. The Morgan fingerprint density at radius 1 is 1.42 bits per heavy atom. The highest BCUT2D eigenvalue weighted by atomic mass is 16.5. The van der Waals surface area contributed by atoms with Gasteiger partial charge in [-0.3, -0.25) is 4.79 Å². The number of H-pyrrole nitrogens is 1. The number of carbonyl (C=O) groups is 1. The number of fused-ring (bicyclic) bond motifs is 1. The summed E-state index contributed by atoms with van der Waals surface area (Å²) in [6.45, 7) is 4.92. The molecule has 7 nitrogen and oxygen atoms in total. The van der Waals surface area contributed by atoms with Gasteiger partial charge in [-0.2, -0.15) is 0 Å². The summed E-state index contributed by atoms with van der Waals surface area (Å²) < 4.78 is 5.31. The lowest BCUT2D eigenvalue weighted by molar-refractivity contribution is -0.134. The van der Waals surface area contributed by atoms with Crippen molar-refractivity contribution >= 4 is 22.8 Å². The number of amides is 1. The largest absolute Gasteiger partial charge is 0.378 e. The number of hydrogen-bond acceptors (Lipinski definition) is 5. The lowest BCUT2D eigenvalue weighted by Gasteiger charge is -2.27. The first kappa shape index (κ1) is 17.0. The lowest BCUT2D eigenvalue weighted by Crippen LogP contribution is -2.44. The van der Waals surface area contributed by atoms with Crippen molar-refractivity contribution < 1.29 is 9.53 Å². The molecule has 26 heavy (non-hydrogen) atoms. The van der Waals surface area contributed by atoms with Crippen molar-refractivity contribution in [2.75, 3.05) is 32.8 Å². The van der Waals surface area contributed by atoms with E-state index in [1.165, 1.54) is 12.8 Å². The molecule has 0 radical (unpaired) electrons. The molecule has 138 valence electrons. The first-order valence-corrected chi connectivity index (χ1v) is 9.40. The van der Waals surface area contributed by atoms with Gasteiger partial charge in [0.2, 0.25) is 5.91 Å². The number of nitrogens with one attached hydrogen (secondary N) is 2. The van der Waals surface area contributed by atoms with Gasteiger partial charge in [-0.05, 0) is 19.3 Å². The monoisotopic (exact) mass is 355 g/mol. The van der Waals surface area contributed by atoms with Crippen molar-refractivity contribution in [3.8, 4) is 0 Å². The number of rotatable bonds is 6. The standard InChI is InChI=1S/C19H25N5O2/c1-2-3-15(20-12-17(25)24-6-8-26-9-7-24)14-10-21-19-18(14)23-16(11-22-19)13-4-5-13/h3,10-11,13,20H,2,4-9,12H2,1H3,(H,21,22)/b15-3+. The molecule has 2 aliphatic rings. The van der Waals surface area contributed by atoms with E-state index in [1.807, 2.05) is 17.3 Å². The van der Waals surface area contributed by atoms with E-state index >= 15 is 0 Å². The minimum atomic E-state index is 0.0971. The number of ether oxygens (including phenoxy) is 1. The van der Waals surface area contributed by atoms with Gasteiger partial charge in [0.25, 0.3) is 0 Å². The second-order valence-electron chi connectivity index (χ2n) is 6.84. The molecule has 2 fully saturated rings. The molecule has 0 atom stereocenters. The van der Waals surface area contributed by atoms with Crippen LogP contribution in [0.3, 0.4) is 0 Å². The number of allylic oxidation sites excluding steroid dienone is 1. The number of hydrogen-bond donors (Lipinski definition) is 2. The molecule has 2 N–H and O–H groups in total. The van der Waals surface area contributed by atoms with Gasteiger partial charge < -0.3 is 19.9 Å². The van der Waals surface area contributed by atoms with E-state index in [4.69, 9.17) is 9.72 Å². The van der Waals surface area contributed by atoms with E-state index in [9.17, 15) is 4.79 Å². The third-order valence-corrected chi connectivity index (χ3v) is 4.89. The Kier molecular flexibility index (Phi) is 4.88. The summed E-state index contributed by atoms with van der Waals surface area (Å²) in [5.41, 5.74) is 4.64. The summed E-state index contributed by atoms with van der Waals surface area (Å²) in [6.07, 6.45) is 9.17. The molecule has 0 spiro atoms. The van der Waals surface area contributed by atoms with Crippen LogP contribution < -0.4 is 5.32 Å². The van der Waals surface area contributed by atoms with E-state index < -0.39 is 0 Å². The average molecular weight is 355 g/mol. The van der Waals surface area contributed by atoms with Gasteiger partial charge in [0.05, 0.1) is 31.6 Å². The number of morpholine rings is 1. The zero-order chi connectivity index (χ0) is 17.9. The van der Waals surface area contributed by atoms with E-state index in [0.717, 1.165) is 34.5 Å². The predicted octanol–water partition coefficient (Wildman–Crippen LogP) is 2.03. The fourth-order valence-electron chi connectivity index (χ4n) is 3.26. The Morgan fingerprint density at radius 3 is 2.96 bits per heavy atom. The molecule has 0 unspecified atom stereocenters. The topological polar surface area (TPSA) is 83.1 Å². The Hall–Kier alpha value is -2.41. The second-order valence-corrected chi connectivity index (χ2v) is 6.84. The van der Waals surface area contributed by atoms with Gasteiger partial charge in [0.15, 0.2) is 5.65 Å². The minimum absolute atomic E-state index is 0.0971. The van der Waals surface area contributed by atoms with Crippen molar-refractivity contribution in [2.45, 2.75) is 32.1 Å². The van der Waals surface area contributed by atoms with Crippen molar-refractivity contribution in [3.05, 3.63) is 29.7 Å². The Bertz CT molecular complexity index is 818. The summed E-state index contributed by atoms with van der Waals surface area (Å²) in [6, 6.07) is 0. The highest BCUT2D eigenvalue weighted by molar-refractivity contribution is 5.88. The number of aromatic nitrogens is 3. The molecule has 1 aliphatic carbocycles. The summed E-state index contributed by atoms with van der Waals surface area (Å²) in [4.78, 5) is 26.8. The molecule has 3 heterocycles. The maximum Gasteiger partial charge on any atom is 0.242 e. The molecule has 1 saturated heterocycles. The predicted molar refractivity (Wildman–Crippen MR) is 99.5 cm³/mol. The Labute approximate surface area is 152 Å². The first-order chi connectivity index (χ1) is 12.8. The van der Waals surface area contributed by atoms with Crippen LogP contribution in [0, 0.1) is 0 Å². The number of aromatic amines is 1. The van der Waals surface area contributed by atoms with Crippen LogP contribution in [0.25, 0.3) is 16.9 Å². The van der Waals surface area contributed by atoms with Crippen LogP contribution in [0.1, 0.15) is 43.4 Å². The Balaban J connectivity index is 1.52. The van der Waals surface area contributed by atoms with Crippen LogP contribution in [0.5, 0.6) is 0 Å². The van der Waals surface area contributed by atoms with Gasteiger partial charge >= 0.3 is 0 Å². The van der Waals surface area contributed by atoms with Gasteiger partial charge in [-0.15, -0.1) is 0 Å². The fraction of sp³-hybridized carbons (Fsp3) is 0.526. The van der Waals surface area contributed by atoms with Gasteiger partial charge in [-0.1, -0.05) is 13.0 Å². The van der Waals surface area contributed by atoms with Crippen LogP contribution >= 0.6 is 0 Å². The summed E-state index contributed by atoms with van der Waals surface area (Å²) in [5, 5.41) is 3.32. The first-order valence-electron chi connectivity index (χ1n) is 9.40. The van der Waals surface area contributed by atoms with Crippen LogP contribution in [-0.2, 0) is 9.53 Å². The van der Waals surface area contributed by atoms with Gasteiger partial charge in [-0.25, -0.2) is 9.97 Å². The number of nitrogens with zero attached hydrogens (tertiary/aromatic N) is 3. The number of carbonyl (C=O) groups excluding carboxylic acids is 1. The van der Waals surface area contributed by atoms with Crippen molar-refractivity contribution in [2.24, 2.45) is 0 Å². The zero-order valence-electron chi connectivity index (χ0n) is 15.1. The molecular formula is C19H25N5O2. The SMILES string of the molecule is CC/C=C(/NCC(=O)N1CCOCC1)c1c[nH]c2ncc(C3CC3)nc12. The van der Waals surface area contributed by atoms with Crippen LogP contribution in [0.2, 0.25) is 0 Å². The molecule has 0 bridgehead atoms. The van der Waals surface area contributed by atoms with E-state index in [1.54, 1.807) is 0 Å². The molecular weight excluding hydrogens is 330 g/mol. The molecule has 7 heteroatoms. The van der Waals surface area contributed by atoms with Crippen LogP contribution in [0.15, 0.2) is 18.5 Å².